The van der Waals surface area contributed by atoms with E-state index in [1.807, 2.05) is 36.3 Å². The van der Waals surface area contributed by atoms with E-state index in [1.54, 1.807) is 0 Å². The molecule has 168 valence electrons. The van der Waals surface area contributed by atoms with E-state index in [9.17, 15) is 0 Å². The standard InChI is InChI=1S/C20H25N3O.C6H8N2/c1-12-8-21-17-16(22-12)7-15(14-4-5-24-13(2)6-14)23-18(17)20-9-19(3,10-20)11-20;1-4-7-8(5-1)6-2-3-6/h7-8,13-14H,4-6,9-11H2,1-3H3;1,4-6H,2-3H2/t13-,14+,19?,20?;/m1./s1. The molecule has 5 fully saturated rings. The molecule has 0 aromatic carbocycles. The van der Waals surface area contributed by atoms with E-state index in [2.05, 4.69) is 25.0 Å². The number of fused-ring (bicyclic) bond motifs is 1. The second kappa shape index (κ2) is 7.34. The SMILES string of the molecule is Cc1cnc2c(C34CC(C)(C3)C4)nc([C@H]3CCO[C@H](C)C3)cc2n1.c1cnn(C2CC2)c1. The summed E-state index contributed by atoms with van der Waals surface area (Å²) in [7, 11) is 0. The average molecular weight is 432 g/mol. The quantitative estimate of drug-likeness (QED) is 0.565. The van der Waals surface area contributed by atoms with Gasteiger partial charge < -0.3 is 4.74 Å². The number of pyridine rings is 1. The van der Waals surface area contributed by atoms with Crippen LogP contribution in [0.25, 0.3) is 11.0 Å². The summed E-state index contributed by atoms with van der Waals surface area (Å²) in [5.41, 5.74) is 6.33. The third-order valence-corrected chi connectivity index (χ3v) is 7.82. The lowest BCUT2D eigenvalue weighted by atomic mass is 9.35. The number of rotatable bonds is 3. The fourth-order valence-corrected chi connectivity index (χ4v) is 6.36. The van der Waals surface area contributed by atoms with Gasteiger partial charge in [-0.2, -0.15) is 5.10 Å². The Bertz CT molecular complexity index is 1120. The lowest BCUT2D eigenvalue weighted by Crippen LogP contribution is -2.63. The summed E-state index contributed by atoms with van der Waals surface area (Å²) in [5, 5.41) is 4.09. The molecule has 0 spiro atoms. The van der Waals surface area contributed by atoms with Gasteiger partial charge in [0.15, 0.2) is 0 Å². The van der Waals surface area contributed by atoms with Crippen molar-refractivity contribution in [2.75, 3.05) is 6.61 Å². The van der Waals surface area contributed by atoms with E-state index in [1.165, 1.54) is 43.5 Å². The van der Waals surface area contributed by atoms with Gasteiger partial charge in [0.1, 0.15) is 5.52 Å². The van der Waals surface area contributed by atoms with E-state index in [-0.39, 0.29) is 5.41 Å². The Kier molecular flexibility index (Phi) is 4.65. The predicted octanol–water partition coefficient (Wildman–Crippen LogP) is 5.28. The highest BCUT2D eigenvalue weighted by Gasteiger charge is 2.67. The van der Waals surface area contributed by atoms with Crippen LogP contribution in [0.4, 0.5) is 0 Å². The van der Waals surface area contributed by atoms with Crippen LogP contribution in [-0.2, 0) is 10.2 Å². The topological polar surface area (TPSA) is 65.7 Å². The molecule has 5 aliphatic rings. The van der Waals surface area contributed by atoms with Crippen LogP contribution in [-0.4, -0.2) is 37.4 Å². The smallest absolute Gasteiger partial charge is 0.111 e. The van der Waals surface area contributed by atoms with Crippen LogP contribution >= 0.6 is 0 Å². The van der Waals surface area contributed by atoms with Gasteiger partial charge in [0.25, 0.3) is 0 Å². The molecule has 3 aromatic heterocycles. The first-order valence-electron chi connectivity index (χ1n) is 12.2. The predicted molar refractivity (Wildman–Crippen MR) is 124 cm³/mol. The summed E-state index contributed by atoms with van der Waals surface area (Å²) in [5.74, 6) is 0.488. The van der Waals surface area contributed by atoms with E-state index in [4.69, 9.17) is 19.7 Å². The summed E-state index contributed by atoms with van der Waals surface area (Å²) in [6.45, 7) is 7.42. The Hall–Kier alpha value is -2.34. The largest absolute Gasteiger partial charge is 0.378 e. The zero-order valence-corrected chi connectivity index (χ0v) is 19.4. The van der Waals surface area contributed by atoms with E-state index >= 15 is 0 Å². The van der Waals surface area contributed by atoms with Gasteiger partial charge in [0.2, 0.25) is 0 Å². The van der Waals surface area contributed by atoms with Crippen molar-refractivity contribution in [2.45, 2.75) is 89.2 Å². The highest BCUT2D eigenvalue weighted by molar-refractivity contribution is 5.79. The van der Waals surface area contributed by atoms with Crippen LogP contribution in [0.15, 0.2) is 30.7 Å². The van der Waals surface area contributed by atoms with Gasteiger partial charge >= 0.3 is 0 Å². The maximum Gasteiger partial charge on any atom is 0.111 e. The molecule has 2 bridgehead atoms. The summed E-state index contributed by atoms with van der Waals surface area (Å²) in [6, 6.07) is 4.90. The van der Waals surface area contributed by atoms with Crippen molar-refractivity contribution in [3.63, 3.8) is 0 Å². The summed E-state index contributed by atoms with van der Waals surface area (Å²) >= 11 is 0. The fraction of sp³-hybridized carbons (Fsp3) is 0.615. The van der Waals surface area contributed by atoms with Gasteiger partial charge in [-0.25, -0.2) is 4.98 Å². The molecular formula is C26H33N5O. The molecule has 8 rings (SSSR count). The molecule has 4 aliphatic carbocycles. The van der Waals surface area contributed by atoms with Crippen LogP contribution in [0, 0.1) is 12.3 Å². The zero-order chi connectivity index (χ0) is 21.9. The minimum Gasteiger partial charge on any atom is -0.378 e. The molecule has 2 atom stereocenters. The minimum absolute atomic E-state index is 0.281. The van der Waals surface area contributed by atoms with Gasteiger partial charge in [0, 0.05) is 42.2 Å². The highest BCUT2D eigenvalue weighted by Crippen LogP contribution is 2.73. The monoisotopic (exact) mass is 431 g/mol. The molecule has 0 N–H and O–H groups in total. The van der Waals surface area contributed by atoms with Crippen LogP contribution < -0.4 is 0 Å². The Morgan fingerprint density at radius 2 is 1.94 bits per heavy atom. The lowest BCUT2D eigenvalue weighted by Gasteiger charge is -2.69. The molecule has 4 saturated carbocycles. The molecule has 4 heterocycles. The first-order chi connectivity index (χ1) is 15.4. The van der Waals surface area contributed by atoms with Crippen molar-refractivity contribution in [3.8, 4) is 0 Å². The molecule has 0 unspecified atom stereocenters. The van der Waals surface area contributed by atoms with E-state index in [0.29, 0.717) is 17.4 Å². The first kappa shape index (κ1) is 20.3. The second-order valence-electron chi connectivity index (χ2n) is 11.0. The summed E-state index contributed by atoms with van der Waals surface area (Å²) < 4.78 is 7.76. The van der Waals surface area contributed by atoms with Gasteiger partial charge in [-0.1, -0.05) is 6.92 Å². The number of hydrogen-bond acceptors (Lipinski definition) is 5. The third kappa shape index (κ3) is 3.53. The van der Waals surface area contributed by atoms with Crippen molar-refractivity contribution in [2.24, 2.45) is 5.41 Å². The van der Waals surface area contributed by atoms with Gasteiger partial charge in [-0.15, -0.1) is 0 Å². The Labute approximate surface area is 189 Å². The summed E-state index contributed by atoms with van der Waals surface area (Å²) in [4.78, 5) is 14.7. The number of ether oxygens (including phenoxy) is 1. The van der Waals surface area contributed by atoms with Gasteiger partial charge in [-0.05, 0) is 76.3 Å². The van der Waals surface area contributed by atoms with Crippen LogP contribution in [0.5, 0.6) is 0 Å². The molecule has 1 saturated heterocycles. The Morgan fingerprint density at radius 1 is 1.12 bits per heavy atom. The fourth-order valence-electron chi connectivity index (χ4n) is 6.36. The van der Waals surface area contributed by atoms with Gasteiger partial charge in [0.05, 0.1) is 29.1 Å². The molecule has 0 radical (unpaired) electrons. The highest BCUT2D eigenvalue weighted by atomic mass is 16.5. The molecule has 3 aromatic rings. The second-order valence-corrected chi connectivity index (χ2v) is 11.0. The van der Waals surface area contributed by atoms with Crippen molar-refractivity contribution in [3.05, 3.63) is 47.8 Å². The number of aromatic nitrogens is 5. The average Bonchev–Trinajstić information content (AvgIpc) is 3.44. The molecule has 0 amide bonds. The zero-order valence-electron chi connectivity index (χ0n) is 19.4. The number of aryl methyl sites for hydroxylation is 1. The van der Waals surface area contributed by atoms with Crippen LogP contribution in [0.2, 0.25) is 0 Å². The van der Waals surface area contributed by atoms with Crippen LogP contribution in [0.1, 0.15) is 87.8 Å². The molecule has 32 heavy (non-hydrogen) atoms. The maximum absolute atomic E-state index is 5.73. The van der Waals surface area contributed by atoms with Crippen molar-refractivity contribution in [1.82, 2.24) is 24.7 Å². The number of hydrogen-bond donors (Lipinski definition) is 0. The van der Waals surface area contributed by atoms with Crippen molar-refractivity contribution in [1.29, 1.82) is 0 Å². The van der Waals surface area contributed by atoms with Crippen LogP contribution in [0.3, 0.4) is 0 Å². The maximum atomic E-state index is 5.73. The Morgan fingerprint density at radius 3 is 2.59 bits per heavy atom. The molecule has 6 heteroatoms. The first-order valence-corrected chi connectivity index (χ1v) is 12.2. The molecular weight excluding hydrogens is 398 g/mol. The van der Waals surface area contributed by atoms with Gasteiger partial charge in [-0.3, -0.25) is 14.6 Å². The molecule has 6 nitrogen and oxygen atoms in total. The lowest BCUT2D eigenvalue weighted by molar-refractivity contribution is -0.127. The Balaban J connectivity index is 0.000000205. The van der Waals surface area contributed by atoms with E-state index in [0.717, 1.165) is 42.2 Å². The van der Waals surface area contributed by atoms with E-state index < -0.39 is 0 Å². The molecule has 1 aliphatic heterocycles. The normalized spacial score (nSPS) is 33.1. The summed E-state index contributed by atoms with van der Waals surface area (Å²) in [6.07, 6.45) is 14.6. The van der Waals surface area contributed by atoms with Crippen molar-refractivity contribution >= 4 is 11.0 Å². The minimum atomic E-state index is 0.281. The van der Waals surface area contributed by atoms with Crippen molar-refractivity contribution < 1.29 is 4.74 Å². The third-order valence-electron chi connectivity index (χ3n) is 7.82. The number of nitrogens with zero attached hydrogens (tertiary/aromatic N) is 5.